The molecule has 2 heterocycles. The molecule has 2 aliphatic heterocycles. The van der Waals surface area contributed by atoms with Gasteiger partial charge in [0.1, 0.15) is 0 Å². The average Bonchev–Trinajstić information content (AvgIpc) is 2.06. The van der Waals surface area contributed by atoms with Crippen molar-refractivity contribution in [2.24, 2.45) is 0 Å². The number of hydrogen-bond acceptors (Lipinski definition) is 3. The highest BCUT2D eigenvalue weighted by Crippen LogP contribution is 2.32. The fourth-order valence-corrected chi connectivity index (χ4v) is 3.06. The highest BCUT2D eigenvalue weighted by molar-refractivity contribution is 7.92. The molecular weight excluding hydrogens is 190 g/mol. The van der Waals surface area contributed by atoms with Gasteiger partial charge in [0, 0.05) is 6.20 Å². The monoisotopic (exact) mass is 197 g/mol. The van der Waals surface area contributed by atoms with Crippen LogP contribution in [0.15, 0.2) is 30.2 Å². The molecule has 0 unspecified atom stereocenters. The summed E-state index contributed by atoms with van der Waals surface area (Å²) in [5, 5.41) is -0.831. The summed E-state index contributed by atoms with van der Waals surface area (Å²) >= 11 is 0. The highest BCUT2D eigenvalue weighted by atomic mass is 32.2. The minimum absolute atomic E-state index is 0.0212. The van der Waals surface area contributed by atoms with Crippen LogP contribution < -0.4 is 0 Å². The molecule has 0 spiro atoms. The van der Waals surface area contributed by atoms with E-state index in [1.807, 2.05) is 0 Å². The van der Waals surface area contributed by atoms with Gasteiger partial charge in [-0.05, 0) is 0 Å². The summed E-state index contributed by atoms with van der Waals surface area (Å²) in [5.41, 5.74) is 2.53. The van der Waals surface area contributed by atoms with Crippen LogP contribution in [0.25, 0.3) is 0 Å². The van der Waals surface area contributed by atoms with Crippen molar-refractivity contribution >= 4 is 15.7 Å². The van der Waals surface area contributed by atoms with Gasteiger partial charge in [0.05, 0.1) is 11.3 Å². The molecule has 0 aromatic heterocycles. The third-order valence-electron chi connectivity index (χ3n) is 2.09. The minimum Gasteiger partial charge on any atom is -0.292 e. The van der Waals surface area contributed by atoms with E-state index >= 15 is 0 Å². The van der Waals surface area contributed by atoms with E-state index in [4.69, 9.17) is 0 Å². The third kappa shape index (κ3) is 0.913. The molecule has 0 aromatic carbocycles. The van der Waals surface area contributed by atoms with Gasteiger partial charge in [-0.1, -0.05) is 12.7 Å². The van der Waals surface area contributed by atoms with E-state index < -0.39 is 15.2 Å². The standard InChI is InChI=1S/C8H7NO3S/c1-2-6-7(10)9-4-3-5-13(11,12)8(6)9/h3-4,8H,1,5H2/t8-/m0/s1. The fraction of sp³-hybridized carbons (Fsp3) is 0.250. The average molecular weight is 197 g/mol. The number of sulfone groups is 1. The Hall–Kier alpha value is -1.32. The smallest absolute Gasteiger partial charge is 0.266 e. The quantitative estimate of drug-likeness (QED) is 0.307. The van der Waals surface area contributed by atoms with Gasteiger partial charge in [-0.2, -0.15) is 0 Å². The molecule has 0 saturated carbocycles. The number of rotatable bonds is 0. The molecule has 0 aromatic rings. The largest absolute Gasteiger partial charge is 0.292 e. The first kappa shape index (κ1) is 8.29. The first-order valence-electron chi connectivity index (χ1n) is 3.69. The topological polar surface area (TPSA) is 54.5 Å². The molecule has 68 valence electrons. The number of amides is 1. The van der Waals surface area contributed by atoms with Crippen molar-refractivity contribution in [1.29, 1.82) is 0 Å². The SMILES string of the molecule is C=C=C1C(=O)N2C=CCS(=O)(=O)[C@@H]12. The summed E-state index contributed by atoms with van der Waals surface area (Å²) in [7, 11) is -3.24. The lowest BCUT2D eigenvalue weighted by Crippen LogP contribution is -2.57. The molecule has 0 N–H and O–H groups in total. The Bertz CT molecular complexity index is 454. The maximum absolute atomic E-state index is 11.4. The lowest BCUT2D eigenvalue weighted by Gasteiger charge is -2.40. The Balaban J connectivity index is 2.55. The molecule has 1 saturated heterocycles. The predicted octanol–water partition coefficient (Wildman–Crippen LogP) is -0.192. The van der Waals surface area contributed by atoms with Crippen LogP contribution >= 0.6 is 0 Å². The van der Waals surface area contributed by atoms with Gasteiger partial charge in [-0.3, -0.25) is 9.69 Å². The summed E-state index contributed by atoms with van der Waals surface area (Å²) in [6.45, 7) is 3.29. The summed E-state index contributed by atoms with van der Waals surface area (Å²) in [5.74, 6) is -0.341. The molecule has 1 fully saturated rings. The van der Waals surface area contributed by atoms with Crippen LogP contribution in [0.2, 0.25) is 0 Å². The second-order valence-electron chi connectivity index (χ2n) is 2.87. The van der Waals surface area contributed by atoms with Crippen LogP contribution in [0.4, 0.5) is 0 Å². The Kier molecular flexibility index (Phi) is 1.49. The zero-order valence-electron chi connectivity index (χ0n) is 6.73. The van der Waals surface area contributed by atoms with Gasteiger partial charge in [0.15, 0.2) is 15.2 Å². The molecule has 0 radical (unpaired) electrons. The molecule has 13 heavy (non-hydrogen) atoms. The van der Waals surface area contributed by atoms with Crippen LogP contribution in [-0.4, -0.2) is 30.4 Å². The van der Waals surface area contributed by atoms with E-state index in [0.29, 0.717) is 0 Å². The van der Waals surface area contributed by atoms with Crippen molar-refractivity contribution in [2.45, 2.75) is 5.37 Å². The van der Waals surface area contributed by atoms with Gasteiger partial charge in [0.2, 0.25) is 0 Å². The number of carbonyl (C=O) groups is 1. The van der Waals surface area contributed by atoms with Gasteiger partial charge in [0.25, 0.3) is 5.91 Å². The predicted molar refractivity (Wildman–Crippen MR) is 46.2 cm³/mol. The molecule has 2 rings (SSSR count). The van der Waals surface area contributed by atoms with Crippen molar-refractivity contribution in [3.05, 3.63) is 30.2 Å². The van der Waals surface area contributed by atoms with Crippen LogP contribution in [-0.2, 0) is 14.6 Å². The van der Waals surface area contributed by atoms with Gasteiger partial charge < -0.3 is 0 Å². The Morgan fingerprint density at radius 1 is 1.62 bits per heavy atom. The Labute approximate surface area is 75.8 Å². The van der Waals surface area contributed by atoms with Crippen LogP contribution in [0, 0.1) is 0 Å². The molecule has 5 heteroatoms. The van der Waals surface area contributed by atoms with Crippen molar-refractivity contribution < 1.29 is 13.2 Å². The highest BCUT2D eigenvalue weighted by Gasteiger charge is 2.50. The summed E-state index contributed by atoms with van der Waals surface area (Å²) in [6, 6.07) is 0. The van der Waals surface area contributed by atoms with Gasteiger partial charge >= 0.3 is 0 Å². The van der Waals surface area contributed by atoms with Crippen molar-refractivity contribution in [3.8, 4) is 0 Å². The zero-order chi connectivity index (χ0) is 9.64. The Morgan fingerprint density at radius 3 is 2.92 bits per heavy atom. The molecule has 0 aliphatic carbocycles. The van der Waals surface area contributed by atoms with Crippen LogP contribution in [0.5, 0.6) is 0 Å². The number of fused-ring (bicyclic) bond motifs is 1. The zero-order valence-corrected chi connectivity index (χ0v) is 7.54. The van der Waals surface area contributed by atoms with Gasteiger partial charge in [-0.25, -0.2) is 8.42 Å². The first-order chi connectivity index (χ1) is 6.08. The maximum atomic E-state index is 11.4. The number of β-lactam (4-membered cyclic amide) rings is 1. The third-order valence-corrected chi connectivity index (χ3v) is 3.89. The van der Waals surface area contributed by atoms with Crippen molar-refractivity contribution in [3.63, 3.8) is 0 Å². The van der Waals surface area contributed by atoms with E-state index in [9.17, 15) is 13.2 Å². The van der Waals surface area contributed by atoms with Crippen molar-refractivity contribution in [1.82, 2.24) is 4.90 Å². The first-order valence-corrected chi connectivity index (χ1v) is 5.40. The van der Waals surface area contributed by atoms with Crippen LogP contribution in [0.1, 0.15) is 0 Å². The lowest BCUT2D eigenvalue weighted by atomic mass is 10.1. The normalized spacial score (nSPS) is 29.2. The summed E-state index contributed by atoms with van der Waals surface area (Å²) in [6.07, 6.45) is 2.96. The molecule has 2 aliphatic rings. The summed E-state index contributed by atoms with van der Waals surface area (Å²) in [4.78, 5) is 12.4. The number of hydrogen-bond donors (Lipinski definition) is 0. The second kappa shape index (κ2) is 2.34. The Morgan fingerprint density at radius 2 is 2.31 bits per heavy atom. The number of carbonyl (C=O) groups excluding carboxylic acids is 1. The molecule has 1 amide bonds. The fourth-order valence-electron chi connectivity index (χ4n) is 1.47. The number of nitrogens with zero attached hydrogens (tertiary/aromatic N) is 1. The molecular formula is C8H7NO3S. The maximum Gasteiger partial charge on any atom is 0.266 e. The van der Waals surface area contributed by atoms with E-state index in [-0.39, 0.29) is 17.2 Å². The van der Waals surface area contributed by atoms with Gasteiger partial charge in [-0.15, -0.1) is 5.73 Å². The van der Waals surface area contributed by atoms with Crippen LogP contribution in [0.3, 0.4) is 0 Å². The second-order valence-corrected chi connectivity index (χ2v) is 4.98. The molecule has 0 bridgehead atoms. The van der Waals surface area contributed by atoms with E-state index in [0.717, 1.165) is 0 Å². The molecule has 4 nitrogen and oxygen atoms in total. The summed E-state index contributed by atoms with van der Waals surface area (Å²) < 4.78 is 22.8. The van der Waals surface area contributed by atoms with E-state index in [1.165, 1.54) is 17.2 Å². The molecule has 1 atom stereocenters. The minimum atomic E-state index is -3.24. The lowest BCUT2D eigenvalue weighted by molar-refractivity contribution is -0.130. The van der Waals surface area contributed by atoms with Crippen molar-refractivity contribution in [2.75, 3.05) is 5.75 Å². The van der Waals surface area contributed by atoms with E-state index in [1.54, 1.807) is 0 Å². The van der Waals surface area contributed by atoms with E-state index in [2.05, 4.69) is 12.3 Å².